The summed E-state index contributed by atoms with van der Waals surface area (Å²) in [5.41, 5.74) is 3.25. The molecule has 1 amide bonds. The molecule has 0 unspecified atom stereocenters. The van der Waals surface area contributed by atoms with Crippen molar-refractivity contribution in [3.8, 4) is 17.2 Å². The van der Waals surface area contributed by atoms with Crippen LogP contribution in [-0.2, 0) is 13.0 Å². The van der Waals surface area contributed by atoms with Gasteiger partial charge >= 0.3 is 0 Å². The lowest BCUT2D eigenvalue weighted by molar-refractivity contribution is 0.102. The molecule has 0 aliphatic carbocycles. The Kier molecular flexibility index (Phi) is 5.85. The van der Waals surface area contributed by atoms with Gasteiger partial charge in [0.2, 0.25) is 0 Å². The molecule has 0 aromatic heterocycles. The highest BCUT2D eigenvalue weighted by Crippen LogP contribution is 2.41. The van der Waals surface area contributed by atoms with E-state index in [-0.39, 0.29) is 11.5 Å². The molecule has 1 heterocycles. The highest BCUT2D eigenvalue weighted by atomic mass is 16.5. The Morgan fingerprint density at radius 2 is 1.74 bits per heavy atom. The molecule has 1 aliphatic rings. The average Bonchev–Trinajstić information content (AvgIpc) is 3.08. The van der Waals surface area contributed by atoms with Crippen LogP contribution < -0.4 is 19.5 Å². The Morgan fingerprint density at radius 1 is 1.00 bits per heavy atom. The van der Waals surface area contributed by atoms with Gasteiger partial charge in [0, 0.05) is 23.2 Å². The normalized spacial score (nSPS) is 13.8. The van der Waals surface area contributed by atoms with Gasteiger partial charge in [0.05, 0.1) is 6.61 Å². The second-order valence-electron chi connectivity index (χ2n) is 8.18. The summed E-state index contributed by atoms with van der Waals surface area (Å²) in [4.78, 5) is 12.5. The number of hydrogen-bond acceptors (Lipinski definition) is 4. The van der Waals surface area contributed by atoms with Crippen LogP contribution >= 0.6 is 0 Å². The van der Waals surface area contributed by atoms with E-state index in [0.29, 0.717) is 18.8 Å². The summed E-state index contributed by atoms with van der Waals surface area (Å²) >= 11 is 0. The number of fused-ring (bicyclic) bond motifs is 1. The molecule has 1 N–H and O–H groups in total. The molecule has 1 aliphatic heterocycles. The van der Waals surface area contributed by atoms with Crippen molar-refractivity contribution in [3.63, 3.8) is 0 Å². The zero-order valence-corrected chi connectivity index (χ0v) is 18.1. The van der Waals surface area contributed by atoms with E-state index in [4.69, 9.17) is 14.2 Å². The zero-order chi connectivity index (χ0) is 21.8. The van der Waals surface area contributed by atoms with Gasteiger partial charge in [-0.25, -0.2) is 0 Å². The van der Waals surface area contributed by atoms with Crippen LogP contribution in [0, 0.1) is 0 Å². The summed E-state index contributed by atoms with van der Waals surface area (Å²) in [5, 5.41) is 2.90. The Labute approximate surface area is 183 Å². The molecule has 0 bridgehead atoms. The van der Waals surface area contributed by atoms with Crippen molar-refractivity contribution < 1.29 is 19.0 Å². The number of para-hydroxylation sites is 1. The summed E-state index contributed by atoms with van der Waals surface area (Å²) in [6.07, 6.45) is 0.873. The number of carbonyl (C=O) groups excluding carboxylic acids is 1. The first-order valence-electron chi connectivity index (χ1n) is 10.5. The van der Waals surface area contributed by atoms with Crippen LogP contribution in [0.2, 0.25) is 0 Å². The Morgan fingerprint density at radius 3 is 2.45 bits per heavy atom. The minimum absolute atomic E-state index is 0.159. The van der Waals surface area contributed by atoms with Gasteiger partial charge in [-0.1, -0.05) is 24.3 Å². The van der Waals surface area contributed by atoms with E-state index in [9.17, 15) is 4.79 Å². The van der Waals surface area contributed by atoms with Crippen molar-refractivity contribution in [1.82, 2.24) is 0 Å². The number of nitrogens with one attached hydrogen (secondary N) is 1. The number of carbonyl (C=O) groups is 1. The molecule has 0 spiro atoms. The monoisotopic (exact) mass is 417 g/mol. The maximum atomic E-state index is 12.5. The van der Waals surface area contributed by atoms with E-state index in [1.54, 1.807) is 12.1 Å². The third-order valence-corrected chi connectivity index (χ3v) is 5.09. The lowest BCUT2D eigenvalue weighted by Gasteiger charge is -2.18. The van der Waals surface area contributed by atoms with Crippen LogP contribution in [0.4, 0.5) is 5.69 Å². The van der Waals surface area contributed by atoms with Crippen molar-refractivity contribution in [1.29, 1.82) is 0 Å². The molecule has 0 saturated heterocycles. The van der Waals surface area contributed by atoms with E-state index in [1.165, 1.54) is 5.56 Å². The van der Waals surface area contributed by atoms with Gasteiger partial charge in [-0.3, -0.25) is 4.79 Å². The number of hydrogen-bond donors (Lipinski definition) is 1. The van der Waals surface area contributed by atoms with Gasteiger partial charge in [-0.15, -0.1) is 0 Å². The Balaban J connectivity index is 1.36. The lowest BCUT2D eigenvalue weighted by atomic mass is 10.0. The highest BCUT2D eigenvalue weighted by Gasteiger charge is 2.32. The molecule has 5 nitrogen and oxygen atoms in total. The number of amides is 1. The number of ether oxygens (including phenoxy) is 3. The molecule has 0 radical (unpaired) electrons. The van der Waals surface area contributed by atoms with E-state index in [2.05, 4.69) is 25.2 Å². The zero-order valence-electron chi connectivity index (χ0n) is 18.1. The summed E-state index contributed by atoms with van der Waals surface area (Å²) < 4.78 is 17.5. The van der Waals surface area contributed by atoms with Crippen molar-refractivity contribution >= 4 is 11.6 Å². The fourth-order valence-electron chi connectivity index (χ4n) is 3.62. The van der Waals surface area contributed by atoms with Crippen molar-refractivity contribution in [3.05, 3.63) is 83.4 Å². The summed E-state index contributed by atoms with van der Waals surface area (Å²) in [7, 11) is 0. The first-order valence-corrected chi connectivity index (χ1v) is 10.5. The Hall–Kier alpha value is -3.47. The van der Waals surface area contributed by atoms with E-state index >= 15 is 0 Å². The molecule has 160 valence electrons. The van der Waals surface area contributed by atoms with Crippen molar-refractivity contribution in [2.75, 3.05) is 11.9 Å². The second-order valence-corrected chi connectivity index (χ2v) is 8.18. The van der Waals surface area contributed by atoms with Gasteiger partial charge in [-0.2, -0.15) is 0 Å². The number of benzene rings is 3. The SMILES string of the molecule is CCOc1ccc(NC(=O)c2ccc(COc3cccc4c3OC(C)(C)C4)cc2)cc1. The summed E-state index contributed by atoms with van der Waals surface area (Å²) in [6, 6.07) is 20.7. The molecule has 3 aromatic carbocycles. The van der Waals surface area contributed by atoms with Crippen LogP contribution in [0.15, 0.2) is 66.7 Å². The fraction of sp³-hybridized carbons (Fsp3) is 0.269. The van der Waals surface area contributed by atoms with Gasteiger partial charge in [0.25, 0.3) is 5.91 Å². The predicted octanol–water partition coefficient (Wildman–Crippen LogP) is 5.63. The third-order valence-electron chi connectivity index (χ3n) is 5.09. The minimum atomic E-state index is -0.208. The van der Waals surface area contributed by atoms with E-state index in [1.807, 2.05) is 55.5 Å². The molecule has 5 heteroatoms. The smallest absolute Gasteiger partial charge is 0.255 e. The largest absolute Gasteiger partial charge is 0.494 e. The van der Waals surface area contributed by atoms with Crippen LogP contribution in [-0.4, -0.2) is 18.1 Å². The van der Waals surface area contributed by atoms with Crippen LogP contribution in [0.5, 0.6) is 17.2 Å². The number of rotatable bonds is 7. The van der Waals surface area contributed by atoms with Crippen molar-refractivity contribution in [2.24, 2.45) is 0 Å². The molecule has 0 atom stereocenters. The quantitative estimate of drug-likeness (QED) is 0.541. The Bertz CT molecular complexity index is 1060. The predicted molar refractivity (Wildman–Crippen MR) is 121 cm³/mol. The first kappa shape index (κ1) is 20.8. The average molecular weight is 418 g/mol. The summed E-state index contributed by atoms with van der Waals surface area (Å²) in [5.74, 6) is 2.20. The maximum Gasteiger partial charge on any atom is 0.255 e. The maximum absolute atomic E-state index is 12.5. The molecule has 3 aromatic rings. The van der Waals surface area contributed by atoms with Crippen LogP contribution in [0.1, 0.15) is 42.3 Å². The minimum Gasteiger partial charge on any atom is -0.494 e. The first-order chi connectivity index (χ1) is 14.9. The standard InChI is InChI=1S/C26H27NO4/c1-4-29-22-14-12-21(13-15-22)27-25(28)19-10-8-18(9-11-19)17-30-23-7-5-6-20-16-26(2,3)31-24(20)23/h5-15H,4,16-17H2,1-3H3,(H,27,28). The molecule has 0 fully saturated rings. The van der Waals surface area contributed by atoms with Gasteiger partial charge in [0.1, 0.15) is 18.0 Å². The number of anilines is 1. The molecule has 4 rings (SSSR count). The van der Waals surface area contributed by atoms with Gasteiger partial charge < -0.3 is 19.5 Å². The highest BCUT2D eigenvalue weighted by molar-refractivity contribution is 6.04. The van der Waals surface area contributed by atoms with Gasteiger partial charge in [-0.05, 0) is 68.8 Å². The van der Waals surface area contributed by atoms with E-state index < -0.39 is 0 Å². The molecule has 0 saturated carbocycles. The summed E-state index contributed by atoms with van der Waals surface area (Å²) in [6.45, 7) is 7.10. The molecule has 31 heavy (non-hydrogen) atoms. The molecular weight excluding hydrogens is 390 g/mol. The van der Waals surface area contributed by atoms with E-state index in [0.717, 1.165) is 34.9 Å². The fourth-order valence-corrected chi connectivity index (χ4v) is 3.62. The second kappa shape index (κ2) is 8.72. The van der Waals surface area contributed by atoms with Crippen LogP contribution in [0.3, 0.4) is 0 Å². The van der Waals surface area contributed by atoms with Gasteiger partial charge in [0.15, 0.2) is 11.5 Å². The third kappa shape index (κ3) is 5.00. The molecular formula is C26H27NO4. The van der Waals surface area contributed by atoms with Crippen LogP contribution in [0.25, 0.3) is 0 Å². The lowest BCUT2D eigenvalue weighted by Crippen LogP contribution is -2.24. The van der Waals surface area contributed by atoms with Crippen molar-refractivity contribution in [2.45, 2.75) is 39.4 Å². The topological polar surface area (TPSA) is 56.8 Å².